The monoisotopic (exact) mass is 333 g/mol. The summed E-state index contributed by atoms with van der Waals surface area (Å²) in [7, 11) is 1.70. The number of likely N-dealkylation sites (N-methyl/N-ethyl adjacent to an activating group) is 1. The SMILES string of the molecule is CC(CC(=O)N(C)CC(=O)NC(C)(C)C)C1CCCNC1.Cl. The van der Waals surface area contributed by atoms with Crippen LogP contribution in [0.3, 0.4) is 0 Å². The van der Waals surface area contributed by atoms with Crippen LogP contribution in [-0.2, 0) is 9.59 Å². The van der Waals surface area contributed by atoms with Crippen molar-refractivity contribution in [3.8, 4) is 0 Å². The lowest BCUT2D eigenvalue weighted by molar-refractivity contribution is -0.136. The third-order valence-electron chi connectivity index (χ3n) is 3.96. The Morgan fingerprint density at radius 3 is 2.50 bits per heavy atom. The van der Waals surface area contributed by atoms with Crippen LogP contribution in [0.5, 0.6) is 0 Å². The highest BCUT2D eigenvalue weighted by Gasteiger charge is 2.24. The van der Waals surface area contributed by atoms with Crippen LogP contribution in [-0.4, -0.2) is 48.9 Å². The molecule has 0 aromatic heterocycles. The molecule has 6 heteroatoms. The molecule has 0 aromatic carbocycles. The van der Waals surface area contributed by atoms with Crippen LogP contribution in [0.1, 0.15) is 47.0 Å². The molecule has 1 aliphatic rings. The van der Waals surface area contributed by atoms with E-state index in [1.165, 1.54) is 17.7 Å². The molecule has 2 amide bonds. The van der Waals surface area contributed by atoms with E-state index in [9.17, 15) is 9.59 Å². The molecular weight excluding hydrogens is 302 g/mol. The first-order valence-electron chi connectivity index (χ1n) is 7.94. The Morgan fingerprint density at radius 1 is 1.36 bits per heavy atom. The molecule has 1 saturated heterocycles. The minimum absolute atomic E-state index is 0. The average Bonchev–Trinajstić information content (AvgIpc) is 2.37. The first kappa shape index (κ1) is 21.2. The highest BCUT2D eigenvalue weighted by atomic mass is 35.5. The van der Waals surface area contributed by atoms with Gasteiger partial charge in [0, 0.05) is 19.0 Å². The zero-order chi connectivity index (χ0) is 16.0. The summed E-state index contributed by atoms with van der Waals surface area (Å²) >= 11 is 0. The maximum absolute atomic E-state index is 12.2. The number of carbonyl (C=O) groups is 2. The molecule has 2 unspecified atom stereocenters. The van der Waals surface area contributed by atoms with Crippen LogP contribution < -0.4 is 10.6 Å². The molecular formula is C16H32ClN3O2. The average molecular weight is 334 g/mol. The van der Waals surface area contributed by atoms with E-state index in [1.807, 2.05) is 20.8 Å². The van der Waals surface area contributed by atoms with E-state index >= 15 is 0 Å². The van der Waals surface area contributed by atoms with Gasteiger partial charge in [0.15, 0.2) is 0 Å². The smallest absolute Gasteiger partial charge is 0.240 e. The zero-order valence-corrected chi connectivity index (χ0v) is 15.4. The van der Waals surface area contributed by atoms with Crippen molar-refractivity contribution in [2.75, 3.05) is 26.7 Å². The van der Waals surface area contributed by atoms with Crippen molar-refractivity contribution in [1.29, 1.82) is 0 Å². The van der Waals surface area contributed by atoms with Gasteiger partial charge in [0.05, 0.1) is 6.54 Å². The predicted molar refractivity (Wildman–Crippen MR) is 92.2 cm³/mol. The first-order chi connectivity index (χ1) is 9.69. The van der Waals surface area contributed by atoms with Crippen molar-refractivity contribution in [2.45, 2.75) is 52.5 Å². The molecule has 2 N–H and O–H groups in total. The van der Waals surface area contributed by atoms with E-state index in [1.54, 1.807) is 7.05 Å². The van der Waals surface area contributed by atoms with Crippen LogP contribution in [0.2, 0.25) is 0 Å². The Hall–Kier alpha value is -0.810. The molecule has 0 aromatic rings. The van der Waals surface area contributed by atoms with Crippen LogP contribution in [0.15, 0.2) is 0 Å². The van der Waals surface area contributed by atoms with Gasteiger partial charge in [0.2, 0.25) is 11.8 Å². The molecule has 0 spiro atoms. The second-order valence-electron chi connectivity index (χ2n) is 7.34. The topological polar surface area (TPSA) is 61.4 Å². The molecule has 1 aliphatic heterocycles. The Bertz CT molecular complexity index is 363. The highest BCUT2D eigenvalue weighted by Crippen LogP contribution is 2.22. The van der Waals surface area contributed by atoms with Gasteiger partial charge < -0.3 is 15.5 Å². The summed E-state index contributed by atoms with van der Waals surface area (Å²) in [4.78, 5) is 25.6. The Labute approximate surface area is 141 Å². The van der Waals surface area contributed by atoms with Crippen molar-refractivity contribution >= 4 is 24.2 Å². The van der Waals surface area contributed by atoms with Crippen molar-refractivity contribution in [3.05, 3.63) is 0 Å². The fraction of sp³-hybridized carbons (Fsp3) is 0.875. The van der Waals surface area contributed by atoms with Crippen molar-refractivity contribution in [3.63, 3.8) is 0 Å². The Balaban J connectivity index is 0.00000441. The van der Waals surface area contributed by atoms with E-state index in [4.69, 9.17) is 0 Å². The first-order valence-corrected chi connectivity index (χ1v) is 7.94. The van der Waals surface area contributed by atoms with Crippen LogP contribution in [0.4, 0.5) is 0 Å². The summed E-state index contributed by atoms with van der Waals surface area (Å²) in [5, 5.41) is 6.27. The number of hydrogen-bond donors (Lipinski definition) is 2. The number of rotatable bonds is 5. The van der Waals surface area contributed by atoms with E-state index in [0.29, 0.717) is 18.3 Å². The lowest BCUT2D eigenvalue weighted by Gasteiger charge is -2.29. The van der Waals surface area contributed by atoms with Crippen LogP contribution >= 0.6 is 12.4 Å². The van der Waals surface area contributed by atoms with Crippen LogP contribution in [0, 0.1) is 11.8 Å². The quantitative estimate of drug-likeness (QED) is 0.806. The van der Waals surface area contributed by atoms with Crippen molar-refractivity contribution in [1.82, 2.24) is 15.5 Å². The molecule has 1 fully saturated rings. The Morgan fingerprint density at radius 2 is 2.00 bits per heavy atom. The predicted octanol–water partition coefficient (Wildman–Crippen LogP) is 1.81. The van der Waals surface area contributed by atoms with E-state index in [0.717, 1.165) is 13.1 Å². The van der Waals surface area contributed by atoms with Gasteiger partial charge in [-0.3, -0.25) is 9.59 Å². The van der Waals surface area contributed by atoms with Gasteiger partial charge in [-0.1, -0.05) is 6.92 Å². The van der Waals surface area contributed by atoms with Crippen LogP contribution in [0.25, 0.3) is 0 Å². The molecule has 130 valence electrons. The second-order valence-corrected chi connectivity index (χ2v) is 7.34. The second kappa shape index (κ2) is 9.36. The van der Waals surface area contributed by atoms with Gasteiger partial charge in [0.1, 0.15) is 0 Å². The molecule has 0 aliphatic carbocycles. The summed E-state index contributed by atoms with van der Waals surface area (Å²) in [6.45, 7) is 10.2. The molecule has 2 atom stereocenters. The third-order valence-corrected chi connectivity index (χ3v) is 3.96. The largest absolute Gasteiger partial charge is 0.350 e. The van der Waals surface area contributed by atoms with Crippen molar-refractivity contribution < 1.29 is 9.59 Å². The molecule has 0 radical (unpaired) electrons. The number of carbonyl (C=O) groups excluding carboxylic acids is 2. The molecule has 5 nitrogen and oxygen atoms in total. The summed E-state index contributed by atoms with van der Waals surface area (Å²) in [6.07, 6.45) is 2.90. The number of hydrogen-bond acceptors (Lipinski definition) is 3. The summed E-state index contributed by atoms with van der Waals surface area (Å²) in [5.41, 5.74) is -0.262. The zero-order valence-electron chi connectivity index (χ0n) is 14.6. The van der Waals surface area contributed by atoms with Gasteiger partial charge in [-0.05, 0) is 58.5 Å². The third kappa shape index (κ3) is 7.99. The van der Waals surface area contributed by atoms with Gasteiger partial charge in [-0.2, -0.15) is 0 Å². The molecule has 1 heterocycles. The van der Waals surface area contributed by atoms with Gasteiger partial charge >= 0.3 is 0 Å². The minimum Gasteiger partial charge on any atom is -0.350 e. The normalized spacial score (nSPS) is 19.8. The molecule has 22 heavy (non-hydrogen) atoms. The molecule has 1 rings (SSSR count). The van der Waals surface area contributed by atoms with Gasteiger partial charge in [-0.15, -0.1) is 12.4 Å². The number of piperidine rings is 1. The van der Waals surface area contributed by atoms with Gasteiger partial charge in [-0.25, -0.2) is 0 Å². The summed E-state index contributed by atoms with van der Waals surface area (Å²) in [5.74, 6) is 0.875. The maximum atomic E-state index is 12.2. The Kier molecular flexibility index (Phi) is 9.01. The summed E-state index contributed by atoms with van der Waals surface area (Å²) < 4.78 is 0. The fourth-order valence-electron chi connectivity index (χ4n) is 2.72. The standard InChI is InChI=1S/C16H31N3O2.ClH/c1-12(13-7-6-8-17-10-13)9-15(21)19(5)11-14(20)18-16(2,3)4;/h12-13,17H,6-11H2,1-5H3,(H,18,20);1H. The van der Waals surface area contributed by atoms with Gasteiger partial charge in [0.25, 0.3) is 0 Å². The number of amides is 2. The summed E-state index contributed by atoms with van der Waals surface area (Å²) in [6, 6.07) is 0. The number of nitrogens with zero attached hydrogens (tertiary/aromatic N) is 1. The molecule has 0 bridgehead atoms. The van der Waals surface area contributed by atoms with E-state index in [2.05, 4.69) is 17.6 Å². The number of halogens is 1. The van der Waals surface area contributed by atoms with E-state index in [-0.39, 0.29) is 36.3 Å². The maximum Gasteiger partial charge on any atom is 0.240 e. The van der Waals surface area contributed by atoms with E-state index < -0.39 is 0 Å². The number of nitrogens with one attached hydrogen (secondary N) is 2. The lowest BCUT2D eigenvalue weighted by Crippen LogP contribution is -2.46. The fourth-order valence-corrected chi connectivity index (χ4v) is 2.72. The highest BCUT2D eigenvalue weighted by molar-refractivity contribution is 5.85. The lowest BCUT2D eigenvalue weighted by atomic mass is 9.85. The molecule has 0 saturated carbocycles. The minimum atomic E-state index is -0.262. The van der Waals surface area contributed by atoms with Crippen molar-refractivity contribution in [2.24, 2.45) is 11.8 Å².